The minimum Gasteiger partial charge on any atom is -1.00 e. The van der Waals surface area contributed by atoms with Crippen LogP contribution in [-0.2, 0) is 10.1 Å². The van der Waals surface area contributed by atoms with Crippen molar-refractivity contribution in [2.75, 3.05) is 0 Å². The van der Waals surface area contributed by atoms with Crippen LogP contribution >= 0.6 is 0 Å². The number of benzene rings is 2. The fourth-order valence-corrected chi connectivity index (χ4v) is 1.84. The molecule has 0 spiro atoms. The summed E-state index contributed by atoms with van der Waals surface area (Å²) in [6, 6.07) is 11.9. The normalized spacial score (nSPS) is 11.0. The molecule has 0 atom stereocenters. The maximum atomic E-state index is 10.8. The second-order valence-electron chi connectivity index (χ2n) is 2.98. The van der Waals surface area contributed by atoms with Gasteiger partial charge >= 0.3 is 18.9 Å². The summed E-state index contributed by atoms with van der Waals surface area (Å²) < 4.78 is 30.5. The number of rotatable bonds is 1. The SMILES string of the molecule is O=S(=O)(O)c1ccc2ccccc2c1.[H-].[Li+]. The average Bonchev–Trinajstić information content (AvgIpc) is 2.16. The first-order valence-corrected chi connectivity index (χ1v) is 5.48. The molecule has 0 aliphatic rings. The molecule has 2 rings (SSSR count). The predicted octanol–water partition coefficient (Wildman–Crippen LogP) is -0.797. The van der Waals surface area contributed by atoms with Gasteiger partial charge in [0.1, 0.15) is 0 Å². The van der Waals surface area contributed by atoms with Crippen LogP contribution in [0.1, 0.15) is 1.43 Å². The number of hydrogen-bond donors (Lipinski definition) is 1. The predicted molar refractivity (Wildman–Crippen MR) is 54.9 cm³/mol. The van der Waals surface area contributed by atoms with Crippen LogP contribution in [0.3, 0.4) is 0 Å². The molecule has 0 saturated carbocycles. The summed E-state index contributed by atoms with van der Waals surface area (Å²) in [5, 5.41) is 1.74. The fourth-order valence-electron chi connectivity index (χ4n) is 1.33. The first-order chi connectivity index (χ1) is 6.57. The minimum atomic E-state index is -4.09. The maximum absolute atomic E-state index is 10.8. The quantitative estimate of drug-likeness (QED) is 0.501. The van der Waals surface area contributed by atoms with Crippen LogP contribution in [0.15, 0.2) is 47.4 Å². The van der Waals surface area contributed by atoms with Crippen LogP contribution in [-0.4, -0.2) is 13.0 Å². The average molecular weight is 216 g/mol. The van der Waals surface area contributed by atoms with Crippen molar-refractivity contribution < 1.29 is 33.3 Å². The van der Waals surface area contributed by atoms with Gasteiger partial charge in [-0.25, -0.2) is 0 Å². The van der Waals surface area contributed by atoms with Crippen molar-refractivity contribution in [1.29, 1.82) is 0 Å². The molecule has 15 heavy (non-hydrogen) atoms. The van der Waals surface area contributed by atoms with E-state index in [-0.39, 0.29) is 25.2 Å². The van der Waals surface area contributed by atoms with Crippen LogP contribution < -0.4 is 18.9 Å². The van der Waals surface area contributed by atoms with Crippen LogP contribution in [0, 0.1) is 0 Å². The van der Waals surface area contributed by atoms with E-state index in [0.29, 0.717) is 0 Å². The van der Waals surface area contributed by atoms with Gasteiger partial charge in [-0.2, -0.15) is 8.42 Å². The van der Waals surface area contributed by atoms with Gasteiger partial charge in [-0.05, 0) is 22.9 Å². The smallest absolute Gasteiger partial charge is 1.00 e. The molecule has 5 heteroatoms. The van der Waals surface area contributed by atoms with E-state index >= 15 is 0 Å². The van der Waals surface area contributed by atoms with Crippen molar-refractivity contribution in [1.82, 2.24) is 0 Å². The van der Waals surface area contributed by atoms with Gasteiger partial charge in [0.2, 0.25) is 0 Å². The Balaban J connectivity index is 0.00000112. The Morgan fingerprint density at radius 1 is 1.00 bits per heavy atom. The summed E-state index contributed by atoms with van der Waals surface area (Å²) in [5.74, 6) is 0. The molecule has 0 bridgehead atoms. The molecule has 0 fully saturated rings. The van der Waals surface area contributed by atoms with Gasteiger partial charge in [0.25, 0.3) is 10.1 Å². The van der Waals surface area contributed by atoms with Crippen molar-refractivity contribution in [2.45, 2.75) is 4.90 Å². The van der Waals surface area contributed by atoms with E-state index in [1.54, 1.807) is 12.1 Å². The second kappa shape index (κ2) is 4.38. The monoisotopic (exact) mass is 216 g/mol. The van der Waals surface area contributed by atoms with E-state index < -0.39 is 10.1 Å². The Morgan fingerprint density at radius 3 is 2.20 bits per heavy atom. The molecule has 2 aromatic carbocycles. The fraction of sp³-hybridized carbons (Fsp3) is 0. The van der Waals surface area contributed by atoms with Crippen molar-refractivity contribution in [3.8, 4) is 0 Å². The zero-order valence-corrected chi connectivity index (χ0v) is 9.03. The van der Waals surface area contributed by atoms with Gasteiger partial charge < -0.3 is 1.43 Å². The largest absolute Gasteiger partial charge is 1.00 e. The van der Waals surface area contributed by atoms with Crippen molar-refractivity contribution in [3.05, 3.63) is 42.5 Å². The van der Waals surface area contributed by atoms with Crippen molar-refractivity contribution in [3.63, 3.8) is 0 Å². The molecule has 2 aromatic rings. The van der Waals surface area contributed by atoms with Crippen LogP contribution in [0.4, 0.5) is 0 Å². The third-order valence-corrected chi connectivity index (χ3v) is 2.87. The van der Waals surface area contributed by atoms with E-state index in [4.69, 9.17) is 4.55 Å². The Kier molecular flexibility index (Phi) is 3.58. The van der Waals surface area contributed by atoms with Gasteiger partial charge in [-0.3, -0.25) is 4.55 Å². The molecule has 74 valence electrons. The Labute approximate surface area is 102 Å². The third kappa shape index (κ3) is 2.61. The van der Waals surface area contributed by atoms with E-state index in [2.05, 4.69) is 0 Å². The zero-order chi connectivity index (χ0) is 10.2. The molecule has 0 unspecified atom stereocenters. The van der Waals surface area contributed by atoms with Crippen LogP contribution in [0.2, 0.25) is 0 Å². The molecule has 0 radical (unpaired) electrons. The van der Waals surface area contributed by atoms with E-state index in [1.807, 2.05) is 18.2 Å². The van der Waals surface area contributed by atoms with Gasteiger partial charge in [0, 0.05) is 0 Å². The summed E-state index contributed by atoms with van der Waals surface area (Å²) in [5.41, 5.74) is 0. The summed E-state index contributed by atoms with van der Waals surface area (Å²) in [6.07, 6.45) is 0. The Morgan fingerprint density at radius 2 is 1.60 bits per heavy atom. The molecule has 3 nitrogen and oxygen atoms in total. The minimum absolute atomic E-state index is 0. The summed E-state index contributed by atoms with van der Waals surface area (Å²) in [7, 11) is -4.09. The standard InChI is InChI=1S/C10H8O3S.Li.H/c11-14(12,13)10-6-5-8-3-1-2-4-9(8)7-10;;/h1-7H,(H,11,12,13);;/q;+1;-1. The van der Waals surface area contributed by atoms with E-state index in [0.717, 1.165) is 10.8 Å². The molecule has 0 saturated heterocycles. The zero-order valence-electron chi connectivity index (χ0n) is 9.21. The molecule has 0 aliphatic heterocycles. The van der Waals surface area contributed by atoms with Crippen LogP contribution in [0.25, 0.3) is 10.8 Å². The van der Waals surface area contributed by atoms with Gasteiger partial charge in [-0.1, -0.05) is 30.3 Å². The van der Waals surface area contributed by atoms with E-state index in [9.17, 15) is 8.42 Å². The van der Waals surface area contributed by atoms with E-state index in [1.165, 1.54) is 12.1 Å². The van der Waals surface area contributed by atoms with Gasteiger partial charge in [0.15, 0.2) is 0 Å². The van der Waals surface area contributed by atoms with Crippen molar-refractivity contribution in [2.24, 2.45) is 0 Å². The maximum Gasteiger partial charge on any atom is 1.00 e. The topological polar surface area (TPSA) is 54.4 Å². The summed E-state index contributed by atoms with van der Waals surface area (Å²) in [6.45, 7) is 0. The first kappa shape index (κ1) is 12.3. The first-order valence-electron chi connectivity index (χ1n) is 4.04. The van der Waals surface area contributed by atoms with Crippen LogP contribution in [0.5, 0.6) is 0 Å². The van der Waals surface area contributed by atoms with Gasteiger partial charge in [0.05, 0.1) is 4.90 Å². The summed E-state index contributed by atoms with van der Waals surface area (Å²) in [4.78, 5) is -0.0730. The Hall–Kier alpha value is -0.793. The Bertz CT molecular complexity index is 583. The molecular formula is C10H9LiO3S. The number of fused-ring (bicyclic) bond motifs is 1. The summed E-state index contributed by atoms with van der Waals surface area (Å²) >= 11 is 0. The molecule has 1 N–H and O–H groups in total. The second-order valence-corrected chi connectivity index (χ2v) is 4.41. The molecular weight excluding hydrogens is 207 g/mol. The molecule has 0 aromatic heterocycles. The third-order valence-electron chi connectivity index (χ3n) is 2.02. The molecule has 0 aliphatic carbocycles. The van der Waals surface area contributed by atoms with Crippen molar-refractivity contribution >= 4 is 20.9 Å². The molecule has 0 amide bonds. The van der Waals surface area contributed by atoms with Gasteiger partial charge in [-0.15, -0.1) is 0 Å². The molecule has 0 heterocycles. The number of hydrogen-bond acceptors (Lipinski definition) is 2.